The van der Waals surface area contributed by atoms with Crippen LogP contribution in [0.2, 0.25) is 0 Å². The molecule has 0 aromatic carbocycles. The first-order valence-electron chi connectivity index (χ1n) is 3.99. The van der Waals surface area contributed by atoms with E-state index in [0.29, 0.717) is 0 Å². The van der Waals surface area contributed by atoms with Crippen LogP contribution in [-0.2, 0) is 14.3 Å². The minimum Gasteiger partial charge on any atom is -0.479 e. The molecular formula is C8H15NO4. The van der Waals surface area contributed by atoms with Crippen molar-refractivity contribution in [3.05, 3.63) is 0 Å². The number of rotatable bonds is 5. The zero-order valence-corrected chi connectivity index (χ0v) is 8.11. The van der Waals surface area contributed by atoms with Crippen molar-refractivity contribution < 1.29 is 19.4 Å². The molecule has 13 heavy (non-hydrogen) atoms. The molecule has 0 bridgehead atoms. The van der Waals surface area contributed by atoms with Crippen molar-refractivity contribution in [3.63, 3.8) is 0 Å². The van der Waals surface area contributed by atoms with Crippen LogP contribution in [0, 0.1) is 0 Å². The summed E-state index contributed by atoms with van der Waals surface area (Å²) < 4.78 is 4.88. The Kier molecular flexibility index (Phi) is 5.06. The number of amides is 1. The van der Waals surface area contributed by atoms with Crippen LogP contribution in [0.15, 0.2) is 0 Å². The summed E-state index contributed by atoms with van der Waals surface area (Å²) in [5.74, 6) is -1.09. The molecule has 0 saturated heterocycles. The molecule has 0 heterocycles. The average molecular weight is 189 g/mol. The van der Waals surface area contributed by atoms with Gasteiger partial charge in [-0.15, -0.1) is 0 Å². The summed E-state index contributed by atoms with van der Waals surface area (Å²) in [7, 11) is 3.28. The Morgan fingerprint density at radius 3 is 2.38 bits per heavy atom. The van der Waals surface area contributed by atoms with Crippen molar-refractivity contribution in [2.75, 3.05) is 20.7 Å². The van der Waals surface area contributed by atoms with Gasteiger partial charge in [0.1, 0.15) is 0 Å². The molecule has 1 amide bonds. The summed E-state index contributed by atoms with van der Waals surface area (Å²) >= 11 is 0. The highest BCUT2D eigenvalue weighted by atomic mass is 16.5. The normalized spacial score (nSPS) is 12.2. The van der Waals surface area contributed by atoms with Gasteiger partial charge in [-0.25, -0.2) is 4.79 Å². The molecule has 0 aromatic rings. The van der Waals surface area contributed by atoms with Crippen LogP contribution in [0.1, 0.15) is 13.3 Å². The molecule has 1 N–H and O–H groups in total. The molecule has 0 aromatic heterocycles. The van der Waals surface area contributed by atoms with E-state index in [1.165, 1.54) is 11.8 Å². The molecule has 0 rings (SSSR count). The number of carboxylic acid groups (broad SMARTS) is 1. The van der Waals surface area contributed by atoms with Gasteiger partial charge in [-0.1, -0.05) is 0 Å². The van der Waals surface area contributed by atoms with Crippen molar-refractivity contribution in [2.24, 2.45) is 0 Å². The molecule has 0 aliphatic rings. The lowest BCUT2D eigenvalue weighted by Crippen LogP contribution is -2.26. The standard InChI is InChI=1S/C8H15NO4/c1-6(8(11)12)13-5-4-7(10)9(2)3/h6H,4-5H2,1-3H3,(H,11,12)/t6-/m0/s1. The second-order valence-corrected chi connectivity index (χ2v) is 2.89. The molecule has 0 fully saturated rings. The van der Waals surface area contributed by atoms with E-state index < -0.39 is 12.1 Å². The maximum atomic E-state index is 11.0. The predicted octanol–water partition coefficient (Wildman–Crippen LogP) is -0.0456. The number of nitrogens with zero attached hydrogens (tertiary/aromatic N) is 1. The van der Waals surface area contributed by atoms with Crippen molar-refractivity contribution in [1.82, 2.24) is 4.90 Å². The SMILES string of the molecule is C[C@H](OCCC(=O)N(C)C)C(=O)O. The van der Waals surface area contributed by atoms with Gasteiger partial charge in [-0.2, -0.15) is 0 Å². The van der Waals surface area contributed by atoms with Crippen LogP contribution in [-0.4, -0.2) is 48.7 Å². The molecule has 1 atom stereocenters. The van der Waals surface area contributed by atoms with Crippen LogP contribution in [0.25, 0.3) is 0 Å². The highest BCUT2D eigenvalue weighted by Crippen LogP contribution is 1.94. The van der Waals surface area contributed by atoms with E-state index in [4.69, 9.17) is 9.84 Å². The molecule has 5 nitrogen and oxygen atoms in total. The molecule has 0 aliphatic carbocycles. The largest absolute Gasteiger partial charge is 0.479 e. The van der Waals surface area contributed by atoms with Crippen molar-refractivity contribution in [3.8, 4) is 0 Å². The monoisotopic (exact) mass is 189 g/mol. The molecule has 0 saturated carbocycles. The maximum absolute atomic E-state index is 11.0. The minimum atomic E-state index is -1.02. The molecule has 0 unspecified atom stereocenters. The first kappa shape index (κ1) is 11.9. The predicted molar refractivity (Wildman–Crippen MR) is 46.4 cm³/mol. The van der Waals surface area contributed by atoms with Gasteiger partial charge in [-0.3, -0.25) is 4.79 Å². The van der Waals surface area contributed by atoms with Gasteiger partial charge in [0.05, 0.1) is 13.0 Å². The highest BCUT2D eigenvalue weighted by molar-refractivity contribution is 5.75. The Bertz CT molecular complexity index is 191. The Morgan fingerprint density at radius 1 is 1.46 bits per heavy atom. The topological polar surface area (TPSA) is 66.8 Å². The highest BCUT2D eigenvalue weighted by Gasteiger charge is 2.11. The molecule has 76 valence electrons. The molecule has 0 radical (unpaired) electrons. The fourth-order valence-electron chi connectivity index (χ4n) is 0.618. The second kappa shape index (κ2) is 5.53. The van der Waals surface area contributed by atoms with E-state index in [-0.39, 0.29) is 18.9 Å². The quantitative estimate of drug-likeness (QED) is 0.658. The molecule has 5 heteroatoms. The Morgan fingerprint density at radius 2 is 2.00 bits per heavy atom. The zero-order chi connectivity index (χ0) is 10.4. The van der Waals surface area contributed by atoms with E-state index in [1.54, 1.807) is 14.1 Å². The number of hydrogen-bond donors (Lipinski definition) is 1. The summed E-state index contributed by atoms with van der Waals surface area (Å²) in [5, 5.41) is 8.44. The zero-order valence-electron chi connectivity index (χ0n) is 8.11. The van der Waals surface area contributed by atoms with Crippen LogP contribution in [0.5, 0.6) is 0 Å². The van der Waals surface area contributed by atoms with Gasteiger partial charge in [0.2, 0.25) is 5.91 Å². The summed E-state index contributed by atoms with van der Waals surface area (Å²) in [6.07, 6.45) is -0.639. The molecular weight excluding hydrogens is 174 g/mol. The van der Waals surface area contributed by atoms with Gasteiger partial charge < -0.3 is 14.7 Å². The number of hydrogen-bond acceptors (Lipinski definition) is 3. The third-order valence-corrected chi connectivity index (χ3v) is 1.53. The van der Waals surface area contributed by atoms with E-state index in [0.717, 1.165) is 0 Å². The number of ether oxygens (including phenoxy) is 1. The summed E-state index contributed by atoms with van der Waals surface area (Å²) in [4.78, 5) is 22.7. The van der Waals surface area contributed by atoms with E-state index in [9.17, 15) is 9.59 Å². The molecule has 0 spiro atoms. The lowest BCUT2D eigenvalue weighted by molar-refractivity contribution is -0.150. The lowest BCUT2D eigenvalue weighted by atomic mass is 10.4. The Balaban J connectivity index is 3.56. The van der Waals surface area contributed by atoms with Crippen LogP contribution < -0.4 is 0 Å². The molecule has 0 aliphatic heterocycles. The van der Waals surface area contributed by atoms with Gasteiger partial charge in [-0.05, 0) is 6.92 Å². The van der Waals surface area contributed by atoms with Crippen molar-refractivity contribution >= 4 is 11.9 Å². The first-order valence-corrected chi connectivity index (χ1v) is 3.99. The first-order chi connectivity index (χ1) is 5.95. The van der Waals surface area contributed by atoms with Crippen molar-refractivity contribution in [1.29, 1.82) is 0 Å². The van der Waals surface area contributed by atoms with E-state index in [1.807, 2.05) is 0 Å². The van der Waals surface area contributed by atoms with Crippen LogP contribution >= 0.6 is 0 Å². The van der Waals surface area contributed by atoms with Crippen molar-refractivity contribution in [2.45, 2.75) is 19.4 Å². The second-order valence-electron chi connectivity index (χ2n) is 2.89. The van der Waals surface area contributed by atoms with Crippen LogP contribution in [0.3, 0.4) is 0 Å². The van der Waals surface area contributed by atoms with E-state index in [2.05, 4.69) is 0 Å². The number of carbonyl (C=O) groups excluding carboxylic acids is 1. The minimum absolute atomic E-state index is 0.0717. The van der Waals surface area contributed by atoms with Gasteiger partial charge in [0, 0.05) is 14.1 Å². The lowest BCUT2D eigenvalue weighted by Gasteiger charge is -2.11. The van der Waals surface area contributed by atoms with Gasteiger partial charge >= 0.3 is 5.97 Å². The number of aliphatic carboxylic acids is 1. The Labute approximate surface area is 77.3 Å². The van der Waals surface area contributed by atoms with Crippen LogP contribution in [0.4, 0.5) is 0 Å². The average Bonchev–Trinajstić information content (AvgIpc) is 2.03. The van der Waals surface area contributed by atoms with Gasteiger partial charge in [0.25, 0.3) is 0 Å². The maximum Gasteiger partial charge on any atom is 0.332 e. The fraction of sp³-hybridized carbons (Fsp3) is 0.750. The summed E-state index contributed by atoms with van der Waals surface area (Å²) in [6.45, 7) is 1.58. The van der Waals surface area contributed by atoms with Gasteiger partial charge in [0.15, 0.2) is 6.10 Å². The third kappa shape index (κ3) is 5.19. The smallest absolute Gasteiger partial charge is 0.332 e. The van der Waals surface area contributed by atoms with E-state index >= 15 is 0 Å². The summed E-state index contributed by atoms with van der Waals surface area (Å²) in [5.41, 5.74) is 0. The Hall–Kier alpha value is -1.10. The third-order valence-electron chi connectivity index (χ3n) is 1.53. The fourth-order valence-corrected chi connectivity index (χ4v) is 0.618. The number of carboxylic acids is 1. The number of carbonyl (C=O) groups is 2. The summed E-state index contributed by atoms with van der Waals surface area (Å²) in [6, 6.07) is 0.